The second kappa shape index (κ2) is 7.74. The van der Waals surface area contributed by atoms with Crippen LogP contribution in [0.25, 0.3) is 0 Å². The van der Waals surface area contributed by atoms with Crippen molar-refractivity contribution in [2.45, 2.75) is 52.6 Å². The molecule has 1 heterocycles. The van der Waals surface area contributed by atoms with Crippen molar-refractivity contribution >= 4 is 5.97 Å². The molecule has 1 aliphatic rings. The number of nitrogens with zero attached hydrogens (tertiary/aromatic N) is 1. The van der Waals surface area contributed by atoms with Gasteiger partial charge in [0.1, 0.15) is 6.04 Å². The molecule has 1 fully saturated rings. The number of carbonyl (C=O) groups is 1. The second-order valence-corrected chi connectivity index (χ2v) is 5.47. The van der Waals surface area contributed by atoms with Gasteiger partial charge in [0.25, 0.3) is 0 Å². The molecule has 1 unspecified atom stereocenters. The summed E-state index contributed by atoms with van der Waals surface area (Å²) in [5.74, 6) is 0.661. The number of nitrogens with one attached hydrogen (secondary N) is 1. The summed E-state index contributed by atoms with van der Waals surface area (Å²) < 4.78 is 5.07. The maximum atomic E-state index is 11.7. The van der Waals surface area contributed by atoms with E-state index in [4.69, 9.17) is 4.74 Å². The summed E-state index contributed by atoms with van der Waals surface area (Å²) in [6, 6.07) is 0.463. The minimum absolute atomic E-state index is 0.0868. The molecule has 0 radical (unpaired) electrons. The Morgan fingerprint density at radius 3 is 2.44 bits per heavy atom. The van der Waals surface area contributed by atoms with Crippen molar-refractivity contribution in [2.24, 2.45) is 5.92 Å². The normalized spacial score (nSPS) is 20.1. The predicted molar refractivity (Wildman–Crippen MR) is 73.5 cm³/mol. The molecular formula is C14H28N2O2. The van der Waals surface area contributed by atoms with Crippen LogP contribution in [0.2, 0.25) is 0 Å². The summed E-state index contributed by atoms with van der Waals surface area (Å²) in [5, 5.41) is 3.49. The first-order chi connectivity index (χ1) is 8.54. The van der Waals surface area contributed by atoms with E-state index >= 15 is 0 Å². The minimum atomic E-state index is -0.0936. The van der Waals surface area contributed by atoms with E-state index in [0.717, 1.165) is 25.6 Å². The van der Waals surface area contributed by atoms with Crippen LogP contribution in [0, 0.1) is 5.92 Å². The van der Waals surface area contributed by atoms with Gasteiger partial charge >= 0.3 is 5.97 Å². The first-order valence-electron chi connectivity index (χ1n) is 7.18. The summed E-state index contributed by atoms with van der Waals surface area (Å²) in [6.07, 6.45) is 2.34. The monoisotopic (exact) mass is 256 g/mol. The van der Waals surface area contributed by atoms with Gasteiger partial charge in [0.05, 0.1) is 6.61 Å². The molecule has 106 valence electrons. The number of hydrogen-bond donors (Lipinski definition) is 1. The molecule has 0 aromatic heterocycles. The maximum absolute atomic E-state index is 11.7. The van der Waals surface area contributed by atoms with E-state index < -0.39 is 0 Å². The predicted octanol–water partition coefficient (Wildman–Crippen LogP) is 1.65. The van der Waals surface area contributed by atoms with Gasteiger partial charge < -0.3 is 10.1 Å². The van der Waals surface area contributed by atoms with Crippen molar-refractivity contribution in [2.75, 3.05) is 26.2 Å². The molecule has 0 aromatic carbocycles. The lowest BCUT2D eigenvalue weighted by atomic mass is 9.95. The van der Waals surface area contributed by atoms with Gasteiger partial charge in [0.2, 0.25) is 0 Å². The van der Waals surface area contributed by atoms with Gasteiger partial charge in [-0.05, 0) is 52.2 Å². The van der Waals surface area contributed by atoms with Crippen LogP contribution in [0.4, 0.5) is 0 Å². The Hall–Kier alpha value is -0.610. The lowest BCUT2D eigenvalue weighted by Gasteiger charge is -2.35. The highest BCUT2D eigenvalue weighted by molar-refractivity contribution is 5.75. The number of likely N-dealkylation sites (tertiary alicyclic amines) is 1. The van der Waals surface area contributed by atoms with E-state index in [1.54, 1.807) is 0 Å². The highest BCUT2D eigenvalue weighted by atomic mass is 16.5. The molecule has 1 N–H and O–H groups in total. The van der Waals surface area contributed by atoms with Crippen molar-refractivity contribution in [3.05, 3.63) is 0 Å². The lowest BCUT2D eigenvalue weighted by molar-refractivity contribution is -0.149. The lowest BCUT2D eigenvalue weighted by Crippen LogP contribution is -2.46. The molecule has 1 aliphatic heterocycles. The number of ether oxygens (including phenoxy) is 1. The number of carbonyl (C=O) groups excluding carboxylic acids is 1. The number of rotatable bonds is 6. The van der Waals surface area contributed by atoms with Crippen molar-refractivity contribution in [3.8, 4) is 0 Å². The zero-order valence-electron chi connectivity index (χ0n) is 12.2. The zero-order chi connectivity index (χ0) is 13.5. The smallest absolute Gasteiger partial charge is 0.323 e. The van der Waals surface area contributed by atoms with Crippen LogP contribution in [0.3, 0.4) is 0 Å². The third-order valence-corrected chi connectivity index (χ3v) is 3.64. The quantitative estimate of drug-likeness (QED) is 0.734. The fraction of sp³-hybridized carbons (Fsp3) is 0.929. The Bertz CT molecular complexity index is 248. The van der Waals surface area contributed by atoms with Gasteiger partial charge in [0, 0.05) is 6.04 Å². The van der Waals surface area contributed by atoms with E-state index in [-0.39, 0.29) is 12.0 Å². The number of hydrogen-bond acceptors (Lipinski definition) is 4. The third-order valence-electron chi connectivity index (χ3n) is 3.64. The molecule has 0 bridgehead atoms. The molecule has 1 saturated heterocycles. The second-order valence-electron chi connectivity index (χ2n) is 5.47. The van der Waals surface area contributed by atoms with Crippen LogP contribution in [-0.2, 0) is 9.53 Å². The first-order valence-corrected chi connectivity index (χ1v) is 7.18. The Kier molecular flexibility index (Phi) is 6.65. The van der Waals surface area contributed by atoms with Crippen molar-refractivity contribution < 1.29 is 9.53 Å². The fourth-order valence-corrected chi connectivity index (χ4v) is 2.36. The molecule has 0 spiro atoms. The Balaban J connectivity index is 2.28. The molecular weight excluding hydrogens is 228 g/mol. The SMILES string of the molecule is CCOC(=O)C(C)N1CCC(CNC(C)C)CC1. The summed E-state index contributed by atoms with van der Waals surface area (Å²) >= 11 is 0. The maximum Gasteiger partial charge on any atom is 0.323 e. The molecule has 18 heavy (non-hydrogen) atoms. The largest absolute Gasteiger partial charge is 0.465 e. The van der Waals surface area contributed by atoms with E-state index in [9.17, 15) is 4.79 Å². The average Bonchev–Trinajstić information content (AvgIpc) is 2.36. The summed E-state index contributed by atoms with van der Waals surface area (Å²) in [6.45, 7) is 11.7. The molecule has 4 heteroatoms. The molecule has 0 amide bonds. The average molecular weight is 256 g/mol. The van der Waals surface area contributed by atoms with Gasteiger partial charge in [-0.3, -0.25) is 9.69 Å². The molecule has 1 atom stereocenters. The first kappa shape index (κ1) is 15.4. The van der Waals surface area contributed by atoms with E-state index in [2.05, 4.69) is 24.1 Å². The van der Waals surface area contributed by atoms with E-state index in [1.807, 2.05) is 13.8 Å². The number of esters is 1. The van der Waals surface area contributed by atoms with Crippen LogP contribution >= 0.6 is 0 Å². The number of piperidine rings is 1. The van der Waals surface area contributed by atoms with Gasteiger partial charge in [-0.1, -0.05) is 13.8 Å². The topological polar surface area (TPSA) is 41.6 Å². The van der Waals surface area contributed by atoms with Gasteiger partial charge in [-0.2, -0.15) is 0 Å². The van der Waals surface area contributed by atoms with Crippen LogP contribution < -0.4 is 5.32 Å². The Morgan fingerprint density at radius 2 is 1.94 bits per heavy atom. The van der Waals surface area contributed by atoms with Crippen molar-refractivity contribution in [3.63, 3.8) is 0 Å². The zero-order valence-corrected chi connectivity index (χ0v) is 12.2. The third kappa shape index (κ3) is 4.94. The minimum Gasteiger partial charge on any atom is -0.465 e. The summed E-state index contributed by atoms with van der Waals surface area (Å²) in [5.41, 5.74) is 0. The van der Waals surface area contributed by atoms with Gasteiger partial charge in [-0.15, -0.1) is 0 Å². The van der Waals surface area contributed by atoms with Crippen LogP contribution in [-0.4, -0.2) is 49.2 Å². The summed E-state index contributed by atoms with van der Waals surface area (Å²) in [4.78, 5) is 13.9. The van der Waals surface area contributed by atoms with E-state index in [0.29, 0.717) is 12.6 Å². The van der Waals surface area contributed by atoms with Crippen LogP contribution in [0.1, 0.15) is 40.5 Å². The molecule has 0 aromatic rings. The van der Waals surface area contributed by atoms with Gasteiger partial charge in [-0.25, -0.2) is 0 Å². The summed E-state index contributed by atoms with van der Waals surface area (Å²) in [7, 11) is 0. The molecule has 0 saturated carbocycles. The van der Waals surface area contributed by atoms with E-state index in [1.165, 1.54) is 12.8 Å². The fourth-order valence-electron chi connectivity index (χ4n) is 2.36. The highest BCUT2D eigenvalue weighted by Crippen LogP contribution is 2.18. The molecule has 4 nitrogen and oxygen atoms in total. The Morgan fingerprint density at radius 1 is 1.33 bits per heavy atom. The van der Waals surface area contributed by atoms with Crippen molar-refractivity contribution in [1.82, 2.24) is 10.2 Å². The molecule has 0 aliphatic carbocycles. The van der Waals surface area contributed by atoms with Crippen LogP contribution in [0.5, 0.6) is 0 Å². The standard InChI is InChI=1S/C14H28N2O2/c1-5-18-14(17)12(4)16-8-6-13(7-9-16)10-15-11(2)3/h11-13,15H,5-10H2,1-4H3. The van der Waals surface area contributed by atoms with Crippen LogP contribution in [0.15, 0.2) is 0 Å². The Labute approximate surface area is 111 Å². The molecule has 1 rings (SSSR count). The van der Waals surface area contributed by atoms with Crippen molar-refractivity contribution in [1.29, 1.82) is 0 Å². The van der Waals surface area contributed by atoms with Gasteiger partial charge in [0.15, 0.2) is 0 Å². The highest BCUT2D eigenvalue weighted by Gasteiger charge is 2.27.